The van der Waals surface area contributed by atoms with Crippen molar-refractivity contribution >= 4 is 0 Å². The summed E-state index contributed by atoms with van der Waals surface area (Å²) in [5.41, 5.74) is 0. The van der Waals surface area contributed by atoms with Gasteiger partial charge in [-0.05, 0) is 36.5 Å². The van der Waals surface area contributed by atoms with Crippen molar-refractivity contribution < 1.29 is 0 Å². The molecule has 0 heteroatoms. The lowest BCUT2D eigenvalue weighted by Gasteiger charge is -2.23. The van der Waals surface area contributed by atoms with Gasteiger partial charge >= 0.3 is 0 Å². The number of hydrogen-bond donors (Lipinski definition) is 0. The molecule has 0 heterocycles. The number of hydrogen-bond acceptors (Lipinski definition) is 0. The summed E-state index contributed by atoms with van der Waals surface area (Å²) in [6, 6.07) is 0. The van der Waals surface area contributed by atoms with Gasteiger partial charge in [-0.2, -0.15) is 0 Å². The zero-order valence-electron chi connectivity index (χ0n) is 14.4. The highest BCUT2D eigenvalue weighted by molar-refractivity contribution is 4.89. The van der Waals surface area contributed by atoms with Crippen molar-refractivity contribution in [2.45, 2.75) is 86.5 Å². The van der Waals surface area contributed by atoms with Crippen LogP contribution in [0.4, 0.5) is 0 Å². The Morgan fingerprint density at radius 3 is 1.89 bits per heavy atom. The number of rotatable bonds is 11. The van der Waals surface area contributed by atoms with E-state index in [2.05, 4.69) is 53.7 Å². The molecule has 114 valence electrons. The van der Waals surface area contributed by atoms with E-state index in [0.29, 0.717) is 0 Å². The van der Waals surface area contributed by atoms with Crippen LogP contribution in [0, 0.1) is 23.7 Å². The van der Waals surface area contributed by atoms with E-state index < -0.39 is 0 Å². The van der Waals surface area contributed by atoms with E-state index in [4.69, 9.17) is 0 Å². The average Bonchev–Trinajstić information content (AvgIpc) is 2.36. The second-order valence-electron chi connectivity index (χ2n) is 6.82. The molecule has 0 bridgehead atoms. The summed E-state index contributed by atoms with van der Waals surface area (Å²) in [7, 11) is 0. The first-order valence-electron chi connectivity index (χ1n) is 8.69. The lowest BCUT2D eigenvalue weighted by Crippen LogP contribution is -2.11. The molecule has 0 nitrogen and oxygen atoms in total. The Morgan fingerprint density at radius 1 is 0.789 bits per heavy atom. The summed E-state index contributed by atoms with van der Waals surface area (Å²) in [5, 5.41) is 0. The molecule has 2 unspecified atom stereocenters. The highest BCUT2D eigenvalue weighted by Gasteiger charge is 2.15. The van der Waals surface area contributed by atoms with Gasteiger partial charge in [0, 0.05) is 0 Å². The molecule has 19 heavy (non-hydrogen) atoms. The predicted octanol–water partition coefficient (Wildman–Crippen LogP) is 6.86. The van der Waals surface area contributed by atoms with E-state index in [9.17, 15) is 0 Å². The normalized spacial score (nSPS) is 15.6. The summed E-state index contributed by atoms with van der Waals surface area (Å²) in [4.78, 5) is 0. The molecule has 0 fully saturated rings. The van der Waals surface area contributed by atoms with Gasteiger partial charge in [0.1, 0.15) is 0 Å². The minimum absolute atomic E-state index is 0.788. The SMILES string of the molecule is CCC=CC(CCCC(CCCC)C(C)C)C(C)C. The predicted molar refractivity (Wildman–Crippen MR) is 89.5 cm³/mol. The average molecular weight is 267 g/mol. The third-order valence-electron chi connectivity index (χ3n) is 4.46. The molecule has 0 saturated heterocycles. The monoisotopic (exact) mass is 266 g/mol. The highest BCUT2D eigenvalue weighted by Crippen LogP contribution is 2.27. The smallest absolute Gasteiger partial charge is 0.0210 e. The van der Waals surface area contributed by atoms with Crippen LogP contribution in [0.5, 0.6) is 0 Å². The molecular formula is C19H38. The van der Waals surface area contributed by atoms with Gasteiger partial charge in [0.25, 0.3) is 0 Å². The minimum Gasteiger partial charge on any atom is -0.0885 e. The van der Waals surface area contributed by atoms with Crippen molar-refractivity contribution in [3.63, 3.8) is 0 Å². The molecule has 0 amide bonds. The Bertz CT molecular complexity index is 212. The molecule has 0 aliphatic rings. The second kappa shape index (κ2) is 11.6. The Hall–Kier alpha value is -0.260. The molecular weight excluding hydrogens is 228 g/mol. The van der Waals surface area contributed by atoms with E-state index >= 15 is 0 Å². The number of unbranched alkanes of at least 4 members (excludes halogenated alkanes) is 1. The summed E-state index contributed by atoms with van der Waals surface area (Å²) in [5.74, 6) is 3.38. The van der Waals surface area contributed by atoms with Gasteiger partial charge in [-0.3, -0.25) is 0 Å². The fourth-order valence-corrected chi connectivity index (χ4v) is 2.86. The lowest BCUT2D eigenvalue weighted by molar-refractivity contribution is 0.303. The zero-order valence-corrected chi connectivity index (χ0v) is 14.4. The zero-order chi connectivity index (χ0) is 14.7. The topological polar surface area (TPSA) is 0 Å². The maximum Gasteiger partial charge on any atom is -0.0210 e. The lowest BCUT2D eigenvalue weighted by atomic mass is 9.83. The molecule has 0 radical (unpaired) electrons. The van der Waals surface area contributed by atoms with Crippen LogP contribution in [0.1, 0.15) is 86.5 Å². The largest absolute Gasteiger partial charge is 0.0885 e. The minimum atomic E-state index is 0.788. The first-order valence-corrected chi connectivity index (χ1v) is 8.69. The van der Waals surface area contributed by atoms with Crippen molar-refractivity contribution in [1.29, 1.82) is 0 Å². The van der Waals surface area contributed by atoms with Crippen molar-refractivity contribution in [2.24, 2.45) is 23.7 Å². The Balaban J connectivity index is 4.09. The van der Waals surface area contributed by atoms with Crippen LogP contribution in [0.3, 0.4) is 0 Å². The van der Waals surface area contributed by atoms with E-state index in [1.807, 2.05) is 0 Å². The van der Waals surface area contributed by atoms with Crippen LogP contribution < -0.4 is 0 Å². The Labute approximate surface area is 123 Å². The van der Waals surface area contributed by atoms with Crippen molar-refractivity contribution in [2.75, 3.05) is 0 Å². The van der Waals surface area contributed by atoms with Gasteiger partial charge < -0.3 is 0 Å². The van der Waals surface area contributed by atoms with E-state index in [1.165, 1.54) is 44.9 Å². The number of allylic oxidation sites excluding steroid dienone is 2. The molecule has 0 saturated carbocycles. The van der Waals surface area contributed by atoms with Crippen LogP contribution in [0.2, 0.25) is 0 Å². The van der Waals surface area contributed by atoms with Crippen LogP contribution in [0.25, 0.3) is 0 Å². The maximum absolute atomic E-state index is 2.46. The van der Waals surface area contributed by atoms with Crippen LogP contribution >= 0.6 is 0 Å². The molecule has 0 N–H and O–H groups in total. The summed E-state index contributed by atoms with van der Waals surface area (Å²) in [6.07, 6.45) is 14.4. The maximum atomic E-state index is 2.46. The van der Waals surface area contributed by atoms with Crippen LogP contribution in [-0.4, -0.2) is 0 Å². The third-order valence-corrected chi connectivity index (χ3v) is 4.46. The summed E-state index contributed by atoms with van der Waals surface area (Å²) >= 11 is 0. The summed E-state index contributed by atoms with van der Waals surface area (Å²) < 4.78 is 0. The van der Waals surface area contributed by atoms with Gasteiger partial charge in [-0.1, -0.05) is 85.8 Å². The molecule has 2 atom stereocenters. The fourth-order valence-electron chi connectivity index (χ4n) is 2.86. The molecule has 0 aromatic heterocycles. The van der Waals surface area contributed by atoms with Crippen molar-refractivity contribution in [3.8, 4) is 0 Å². The van der Waals surface area contributed by atoms with E-state index in [0.717, 1.165) is 23.7 Å². The van der Waals surface area contributed by atoms with Crippen molar-refractivity contribution in [3.05, 3.63) is 12.2 Å². The fraction of sp³-hybridized carbons (Fsp3) is 0.895. The van der Waals surface area contributed by atoms with Crippen LogP contribution in [0.15, 0.2) is 12.2 Å². The van der Waals surface area contributed by atoms with E-state index in [-0.39, 0.29) is 0 Å². The van der Waals surface area contributed by atoms with Gasteiger partial charge in [0.15, 0.2) is 0 Å². The first kappa shape index (κ1) is 18.7. The quantitative estimate of drug-likeness (QED) is 0.358. The molecule has 0 aromatic carbocycles. The Morgan fingerprint density at radius 2 is 1.42 bits per heavy atom. The van der Waals surface area contributed by atoms with Gasteiger partial charge in [0.2, 0.25) is 0 Å². The molecule has 0 rings (SSSR count). The molecule has 0 aliphatic heterocycles. The standard InChI is InChI=1S/C19H38/c1-7-9-12-18(16(3)4)14-11-15-19(17(5)6)13-10-8-2/h9,12,16-19H,7-8,10-11,13-15H2,1-6H3. The van der Waals surface area contributed by atoms with Gasteiger partial charge in [-0.15, -0.1) is 0 Å². The van der Waals surface area contributed by atoms with E-state index in [1.54, 1.807) is 0 Å². The third kappa shape index (κ3) is 9.30. The summed E-state index contributed by atoms with van der Waals surface area (Å²) in [6.45, 7) is 14.1. The van der Waals surface area contributed by atoms with Crippen molar-refractivity contribution in [1.82, 2.24) is 0 Å². The Kier molecular flexibility index (Phi) is 11.4. The first-order chi connectivity index (χ1) is 9.02. The second-order valence-corrected chi connectivity index (χ2v) is 6.82. The highest BCUT2D eigenvalue weighted by atomic mass is 14.2. The van der Waals surface area contributed by atoms with Gasteiger partial charge in [-0.25, -0.2) is 0 Å². The van der Waals surface area contributed by atoms with Gasteiger partial charge in [0.05, 0.1) is 0 Å². The molecule has 0 aromatic rings. The van der Waals surface area contributed by atoms with Crippen LogP contribution in [-0.2, 0) is 0 Å². The molecule has 0 spiro atoms. The molecule has 0 aliphatic carbocycles.